The zero-order chi connectivity index (χ0) is 23.1. The molecule has 164 valence electrons. The highest BCUT2D eigenvalue weighted by atomic mass is 35.5. The second-order valence-electron chi connectivity index (χ2n) is 6.89. The lowest BCUT2D eigenvalue weighted by atomic mass is 9.96. The first kappa shape index (κ1) is 22.9. The summed E-state index contributed by atoms with van der Waals surface area (Å²) in [5.74, 6) is -1.61. The molecule has 0 aliphatic heterocycles. The molecule has 1 aromatic heterocycles. The average Bonchev–Trinajstić information content (AvgIpc) is 2.65. The van der Waals surface area contributed by atoms with E-state index in [2.05, 4.69) is 16.5 Å². The molecule has 0 fully saturated rings. The minimum Gasteiger partial charge on any atom is -0.372 e. The highest BCUT2D eigenvalue weighted by Crippen LogP contribution is 2.42. The van der Waals surface area contributed by atoms with Gasteiger partial charge in [-0.15, -0.1) is 0 Å². The fourth-order valence-electron chi connectivity index (χ4n) is 3.31. The number of benzene rings is 2. The molecular weight excluding hydrogens is 441 g/mol. The van der Waals surface area contributed by atoms with Crippen molar-refractivity contribution in [3.8, 4) is 0 Å². The summed E-state index contributed by atoms with van der Waals surface area (Å²) in [6.45, 7) is 6.64. The SMILES string of the molecule is C=C(C)C(OC)c1cc(N(Cl)c2cc(F)cc3nc(C)nc(F)c23)ccc1C(F)(F)F. The molecule has 0 radical (unpaired) electrons. The van der Waals surface area contributed by atoms with E-state index in [1.54, 1.807) is 0 Å². The minimum atomic E-state index is -4.67. The lowest BCUT2D eigenvalue weighted by Crippen LogP contribution is -2.15. The zero-order valence-electron chi connectivity index (χ0n) is 16.7. The molecule has 1 unspecified atom stereocenters. The smallest absolute Gasteiger partial charge is 0.372 e. The molecule has 3 rings (SSSR count). The molecule has 0 aliphatic carbocycles. The van der Waals surface area contributed by atoms with Crippen molar-refractivity contribution in [1.29, 1.82) is 0 Å². The summed E-state index contributed by atoms with van der Waals surface area (Å²) in [5.41, 5.74) is -1.01. The van der Waals surface area contributed by atoms with Gasteiger partial charge in [-0.2, -0.15) is 17.6 Å². The van der Waals surface area contributed by atoms with Crippen LogP contribution in [0.5, 0.6) is 0 Å². The Kier molecular flexibility index (Phi) is 6.20. The fraction of sp³-hybridized carbons (Fsp3) is 0.238. The van der Waals surface area contributed by atoms with Gasteiger partial charge < -0.3 is 4.74 Å². The highest BCUT2D eigenvalue weighted by Gasteiger charge is 2.36. The fourth-order valence-corrected chi connectivity index (χ4v) is 3.55. The number of aryl methyl sites for hydroxylation is 1. The van der Waals surface area contributed by atoms with Gasteiger partial charge in [-0.25, -0.2) is 14.4 Å². The van der Waals surface area contributed by atoms with Gasteiger partial charge >= 0.3 is 6.18 Å². The Balaban J connectivity index is 2.23. The Morgan fingerprint density at radius 3 is 2.42 bits per heavy atom. The standard InChI is InChI=1S/C21H17ClF5N3O/c1-10(2)19(31-4)14-9-13(5-6-15(14)21(25,26)27)30(22)17-8-12(23)7-16-18(17)20(24)29-11(3)28-16/h5-9,19H,1H2,2-4H3. The molecule has 3 aromatic rings. The van der Waals surface area contributed by atoms with Crippen molar-refractivity contribution in [3.05, 3.63) is 71.2 Å². The Hall–Kier alpha value is -2.78. The molecule has 0 N–H and O–H groups in total. The number of anilines is 2. The van der Waals surface area contributed by atoms with E-state index in [4.69, 9.17) is 16.5 Å². The van der Waals surface area contributed by atoms with Crippen molar-refractivity contribution in [2.75, 3.05) is 11.5 Å². The Labute approximate surface area is 180 Å². The number of nitrogens with zero attached hydrogens (tertiary/aromatic N) is 3. The van der Waals surface area contributed by atoms with E-state index in [-0.39, 0.29) is 33.7 Å². The molecule has 4 nitrogen and oxygen atoms in total. The number of alkyl halides is 3. The maximum Gasteiger partial charge on any atom is 0.416 e. The van der Waals surface area contributed by atoms with Crippen LogP contribution in [0.2, 0.25) is 0 Å². The number of halogens is 6. The molecule has 0 saturated carbocycles. The first-order valence-corrected chi connectivity index (χ1v) is 9.26. The number of hydrogen-bond acceptors (Lipinski definition) is 4. The molecule has 0 spiro atoms. The van der Waals surface area contributed by atoms with Crippen molar-refractivity contribution >= 4 is 34.1 Å². The van der Waals surface area contributed by atoms with Crippen LogP contribution in [0.3, 0.4) is 0 Å². The molecule has 1 heterocycles. The summed E-state index contributed by atoms with van der Waals surface area (Å²) in [6, 6.07) is 5.02. The second-order valence-corrected chi connectivity index (χ2v) is 7.23. The van der Waals surface area contributed by atoms with Crippen molar-refractivity contribution in [2.45, 2.75) is 26.1 Å². The Morgan fingerprint density at radius 1 is 1.16 bits per heavy atom. The quantitative estimate of drug-likeness (QED) is 0.183. The van der Waals surface area contributed by atoms with Gasteiger partial charge in [0.05, 0.1) is 27.8 Å². The summed E-state index contributed by atoms with van der Waals surface area (Å²) >= 11 is 6.36. The Morgan fingerprint density at radius 2 is 1.84 bits per heavy atom. The van der Waals surface area contributed by atoms with Gasteiger partial charge in [0.25, 0.3) is 0 Å². The minimum absolute atomic E-state index is 0.0276. The van der Waals surface area contributed by atoms with Crippen molar-refractivity contribution in [2.24, 2.45) is 0 Å². The molecule has 10 heteroatoms. The molecule has 31 heavy (non-hydrogen) atoms. The maximum absolute atomic E-state index is 14.6. The van der Waals surface area contributed by atoms with E-state index in [0.717, 1.165) is 34.8 Å². The topological polar surface area (TPSA) is 38.2 Å². The third kappa shape index (κ3) is 4.47. The molecular formula is C21H17ClF5N3O. The van der Waals surface area contributed by atoms with E-state index in [1.807, 2.05) is 0 Å². The number of rotatable bonds is 5. The summed E-state index contributed by atoms with van der Waals surface area (Å²) in [7, 11) is 1.25. The van der Waals surface area contributed by atoms with Crippen molar-refractivity contribution < 1.29 is 26.7 Å². The molecule has 0 amide bonds. The lowest BCUT2D eigenvalue weighted by molar-refractivity contribution is -0.139. The molecule has 1 atom stereocenters. The van der Waals surface area contributed by atoms with Crippen LogP contribution in [0.1, 0.15) is 30.0 Å². The van der Waals surface area contributed by atoms with E-state index < -0.39 is 29.6 Å². The van der Waals surface area contributed by atoms with Crippen LogP contribution in [0, 0.1) is 18.7 Å². The number of hydrogen-bond donors (Lipinski definition) is 0. The van der Waals surface area contributed by atoms with Gasteiger partial charge in [-0.1, -0.05) is 6.58 Å². The van der Waals surface area contributed by atoms with Gasteiger partial charge in [0.2, 0.25) is 5.95 Å². The third-order valence-corrected chi connectivity index (χ3v) is 4.93. The van der Waals surface area contributed by atoms with E-state index in [9.17, 15) is 22.0 Å². The number of methoxy groups -OCH3 is 1. The predicted octanol–water partition coefficient (Wildman–Crippen LogP) is 6.79. The van der Waals surface area contributed by atoms with Crippen LogP contribution in [-0.4, -0.2) is 17.1 Å². The zero-order valence-corrected chi connectivity index (χ0v) is 17.4. The van der Waals surface area contributed by atoms with Crippen LogP contribution in [-0.2, 0) is 10.9 Å². The van der Waals surface area contributed by atoms with Crippen LogP contribution >= 0.6 is 11.8 Å². The van der Waals surface area contributed by atoms with Gasteiger partial charge in [0.1, 0.15) is 17.7 Å². The monoisotopic (exact) mass is 457 g/mol. The summed E-state index contributed by atoms with van der Waals surface area (Å²) in [6.07, 6.45) is -5.74. The first-order chi connectivity index (χ1) is 14.4. The van der Waals surface area contributed by atoms with E-state index >= 15 is 0 Å². The van der Waals surface area contributed by atoms with Gasteiger partial charge in [0.15, 0.2) is 0 Å². The van der Waals surface area contributed by atoms with Crippen LogP contribution in [0.4, 0.5) is 33.3 Å². The third-order valence-electron chi connectivity index (χ3n) is 4.55. The van der Waals surface area contributed by atoms with E-state index in [0.29, 0.717) is 5.57 Å². The largest absolute Gasteiger partial charge is 0.416 e. The van der Waals surface area contributed by atoms with Crippen LogP contribution in [0.25, 0.3) is 10.9 Å². The normalized spacial score (nSPS) is 12.8. The number of aromatic nitrogens is 2. The molecule has 0 saturated heterocycles. The van der Waals surface area contributed by atoms with Crippen LogP contribution in [0.15, 0.2) is 42.5 Å². The number of ether oxygens (including phenoxy) is 1. The summed E-state index contributed by atoms with van der Waals surface area (Å²) in [5, 5.41) is -0.174. The Bertz CT molecular complexity index is 1160. The number of fused-ring (bicyclic) bond motifs is 1. The van der Waals surface area contributed by atoms with Crippen molar-refractivity contribution in [3.63, 3.8) is 0 Å². The van der Waals surface area contributed by atoms with Gasteiger partial charge in [-0.3, -0.25) is 4.42 Å². The molecule has 0 aliphatic rings. The maximum atomic E-state index is 14.6. The van der Waals surface area contributed by atoms with Gasteiger partial charge in [0, 0.05) is 25.0 Å². The highest BCUT2D eigenvalue weighted by molar-refractivity contribution is 6.31. The molecule has 0 bridgehead atoms. The van der Waals surface area contributed by atoms with Crippen molar-refractivity contribution in [1.82, 2.24) is 9.97 Å². The lowest BCUT2D eigenvalue weighted by Gasteiger charge is -2.24. The van der Waals surface area contributed by atoms with Gasteiger partial charge in [-0.05, 0) is 49.2 Å². The molecule has 2 aromatic carbocycles. The summed E-state index contributed by atoms with van der Waals surface area (Å²) in [4.78, 5) is 7.64. The second kappa shape index (κ2) is 8.39. The first-order valence-electron chi connectivity index (χ1n) is 8.92. The summed E-state index contributed by atoms with van der Waals surface area (Å²) < 4.78 is 75.5. The van der Waals surface area contributed by atoms with Crippen LogP contribution < -0.4 is 4.42 Å². The average molecular weight is 458 g/mol. The van der Waals surface area contributed by atoms with E-state index in [1.165, 1.54) is 21.0 Å². The predicted molar refractivity (Wildman–Crippen MR) is 108 cm³/mol.